The summed E-state index contributed by atoms with van der Waals surface area (Å²) in [5, 5.41) is 0. The average Bonchev–Trinajstić information content (AvgIpc) is 2.38. The summed E-state index contributed by atoms with van der Waals surface area (Å²) >= 11 is 0. The molecule has 1 aromatic heterocycles. The number of halogens is 2. The Morgan fingerprint density at radius 1 is 1.32 bits per heavy atom. The van der Waals surface area contributed by atoms with Crippen molar-refractivity contribution in [3.8, 4) is 0 Å². The van der Waals surface area contributed by atoms with Crippen molar-refractivity contribution in [2.24, 2.45) is 5.73 Å². The molecule has 2 aromatic rings. The molecule has 3 nitrogen and oxygen atoms in total. The fraction of sp³-hybridized carbons (Fsp3) is 0.214. The summed E-state index contributed by atoms with van der Waals surface area (Å²) in [6.07, 6.45) is 1.58. The van der Waals surface area contributed by atoms with Crippen LogP contribution in [0.2, 0.25) is 0 Å². The molecule has 2 rings (SSSR count). The quantitative estimate of drug-likeness (QED) is 0.923. The van der Waals surface area contributed by atoms with Crippen LogP contribution in [0.25, 0.3) is 0 Å². The topological polar surface area (TPSA) is 48.0 Å². The third-order valence-electron chi connectivity index (χ3n) is 2.96. The first-order chi connectivity index (χ1) is 8.99. The lowest BCUT2D eigenvalue weighted by Crippen LogP contribution is -2.28. The first kappa shape index (κ1) is 13.4. The van der Waals surface area contributed by atoms with Gasteiger partial charge in [-0.3, -0.25) is 4.79 Å². The van der Waals surface area contributed by atoms with E-state index in [1.165, 1.54) is 4.57 Å². The van der Waals surface area contributed by atoms with Crippen molar-refractivity contribution in [2.45, 2.75) is 19.5 Å². The van der Waals surface area contributed by atoms with E-state index in [0.717, 1.165) is 18.2 Å². The average molecular weight is 264 g/mol. The standard InChI is InChI=1S/C14H14F2N2O/c1-9-3-2-6-18(14(9)19)8-13(17)11-7-10(15)4-5-12(11)16/h2-7,13H,8,17H2,1H3. The zero-order valence-electron chi connectivity index (χ0n) is 10.4. The second kappa shape index (κ2) is 5.32. The van der Waals surface area contributed by atoms with Gasteiger partial charge in [0.05, 0.1) is 6.04 Å². The molecule has 1 unspecified atom stereocenters. The molecule has 0 amide bonds. The van der Waals surface area contributed by atoms with Crippen molar-refractivity contribution < 1.29 is 8.78 Å². The number of nitrogens with zero attached hydrogens (tertiary/aromatic N) is 1. The summed E-state index contributed by atoms with van der Waals surface area (Å²) in [7, 11) is 0. The molecule has 0 bridgehead atoms. The van der Waals surface area contributed by atoms with Crippen LogP contribution in [0.4, 0.5) is 8.78 Å². The number of nitrogens with two attached hydrogens (primary N) is 1. The van der Waals surface area contributed by atoms with E-state index in [1.807, 2.05) is 0 Å². The molecular formula is C14H14F2N2O. The normalized spacial score (nSPS) is 12.4. The van der Waals surface area contributed by atoms with Crippen LogP contribution in [0, 0.1) is 18.6 Å². The largest absolute Gasteiger partial charge is 0.322 e. The number of benzene rings is 1. The summed E-state index contributed by atoms with van der Waals surface area (Å²) in [6, 6.07) is 5.74. The molecule has 1 atom stereocenters. The van der Waals surface area contributed by atoms with Crippen LogP contribution in [0.3, 0.4) is 0 Å². The van der Waals surface area contributed by atoms with Gasteiger partial charge < -0.3 is 10.3 Å². The first-order valence-corrected chi connectivity index (χ1v) is 5.85. The maximum atomic E-state index is 13.6. The Labute approximate surface area is 109 Å². The van der Waals surface area contributed by atoms with Gasteiger partial charge in [-0.15, -0.1) is 0 Å². The predicted molar refractivity (Wildman–Crippen MR) is 68.7 cm³/mol. The van der Waals surface area contributed by atoms with Crippen LogP contribution in [0.1, 0.15) is 17.2 Å². The molecule has 0 aliphatic carbocycles. The van der Waals surface area contributed by atoms with Crippen LogP contribution >= 0.6 is 0 Å². The number of aryl methyl sites for hydroxylation is 1. The lowest BCUT2D eigenvalue weighted by molar-refractivity contribution is 0.514. The number of pyridine rings is 1. The first-order valence-electron chi connectivity index (χ1n) is 5.85. The van der Waals surface area contributed by atoms with E-state index in [2.05, 4.69) is 0 Å². The van der Waals surface area contributed by atoms with Gasteiger partial charge in [-0.25, -0.2) is 8.78 Å². The molecule has 2 N–H and O–H groups in total. The number of hydrogen-bond acceptors (Lipinski definition) is 2. The second-order valence-corrected chi connectivity index (χ2v) is 4.42. The lowest BCUT2D eigenvalue weighted by Gasteiger charge is -2.15. The smallest absolute Gasteiger partial charge is 0.253 e. The summed E-state index contributed by atoms with van der Waals surface area (Å²) < 4.78 is 28.1. The van der Waals surface area contributed by atoms with E-state index in [1.54, 1.807) is 25.3 Å². The van der Waals surface area contributed by atoms with Crippen molar-refractivity contribution >= 4 is 0 Å². The predicted octanol–water partition coefficient (Wildman–Crippen LogP) is 2.13. The zero-order valence-corrected chi connectivity index (χ0v) is 10.4. The minimum atomic E-state index is -0.782. The molecule has 0 saturated heterocycles. The fourth-order valence-electron chi connectivity index (χ4n) is 1.91. The van der Waals surface area contributed by atoms with Gasteiger partial charge >= 0.3 is 0 Å². The molecule has 0 aliphatic rings. The Balaban J connectivity index is 2.30. The van der Waals surface area contributed by atoms with E-state index in [4.69, 9.17) is 5.73 Å². The maximum absolute atomic E-state index is 13.6. The third-order valence-corrected chi connectivity index (χ3v) is 2.96. The van der Waals surface area contributed by atoms with E-state index in [9.17, 15) is 13.6 Å². The minimum Gasteiger partial charge on any atom is -0.322 e. The van der Waals surface area contributed by atoms with Gasteiger partial charge in [-0.05, 0) is 31.2 Å². The van der Waals surface area contributed by atoms with Crippen molar-refractivity contribution in [1.82, 2.24) is 4.57 Å². The zero-order chi connectivity index (χ0) is 14.0. The highest BCUT2D eigenvalue weighted by Crippen LogP contribution is 2.17. The second-order valence-electron chi connectivity index (χ2n) is 4.42. The van der Waals surface area contributed by atoms with Crippen molar-refractivity contribution in [2.75, 3.05) is 0 Å². The van der Waals surface area contributed by atoms with Crippen molar-refractivity contribution in [3.63, 3.8) is 0 Å². The van der Waals surface area contributed by atoms with Crippen molar-refractivity contribution in [3.05, 3.63) is 69.6 Å². The molecule has 1 aromatic carbocycles. The third kappa shape index (κ3) is 2.88. The lowest BCUT2D eigenvalue weighted by atomic mass is 10.1. The molecule has 100 valence electrons. The van der Waals surface area contributed by atoms with Crippen LogP contribution in [0.15, 0.2) is 41.3 Å². The van der Waals surface area contributed by atoms with Gasteiger partial charge in [0.15, 0.2) is 0 Å². The SMILES string of the molecule is Cc1cccn(CC(N)c2cc(F)ccc2F)c1=O. The van der Waals surface area contributed by atoms with E-state index >= 15 is 0 Å². The summed E-state index contributed by atoms with van der Waals surface area (Å²) in [5.41, 5.74) is 6.31. The highest BCUT2D eigenvalue weighted by atomic mass is 19.1. The summed E-state index contributed by atoms with van der Waals surface area (Å²) in [5.74, 6) is -1.13. The van der Waals surface area contributed by atoms with Gasteiger partial charge in [0.1, 0.15) is 11.6 Å². The molecule has 19 heavy (non-hydrogen) atoms. The number of aromatic nitrogens is 1. The van der Waals surface area contributed by atoms with Gasteiger partial charge in [0, 0.05) is 23.9 Å². The molecule has 0 spiro atoms. The fourth-order valence-corrected chi connectivity index (χ4v) is 1.91. The number of rotatable bonds is 3. The molecule has 0 fully saturated rings. The van der Waals surface area contributed by atoms with Gasteiger partial charge in [-0.2, -0.15) is 0 Å². The Hall–Kier alpha value is -2.01. The highest BCUT2D eigenvalue weighted by molar-refractivity contribution is 5.22. The Kier molecular flexibility index (Phi) is 3.76. The van der Waals surface area contributed by atoms with E-state index < -0.39 is 17.7 Å². The van der Waals surface area contributed by atoms with E-state index in [0.29, 0.717) is 5.56 Å². The van der Waals surface area contributed by atoms with Crippen LogP contribution < -0.4 is 11.3 Å². The monoisotopic (exact) mass is 264 g/mol. The molecular weight excluding hydrogens is 250 g/mol. The summed E-state index contributed by atoms with van der Waals surface area (Å²) in [6.45, 7) is 1.79. The van der Waals surface area contributed by atoms with Gasteiger partial charge in [0.2, 0.25) is 0 Å². The van der Waals surface area contributed by atoms with E-state index in [-0.39, 0.29) is 17.7 Å². The Morgan fingerprint density at radius 2 is 2.05 bits per heavy atom. The summed E-state index contributed by atoms with van der Waals surface area (Å²) in [4.78, 5) is 11.8. The van der Waals surface area contributed by atoms with Crippen LogP contribution in [-0.4, -0.2) is 4.57 Å². The van der Waals surface area contributed by atoms with Crippen LogP contribution in [-0.2, 0) is 6.54 Å². The highest BCUT2D eigenvalue weighted by Gasteiger charge is 2.14. The van der Waals surface area contributed by atoms with Crippen molar-refractivity contribution in [1.29, 1.82) is 0 Å². The minimum absolute atomic E-state index is 0.0633. The molecule has 1 heterocycles. The van der Waals surface area contributed by atoms with Gasteiger partial charge in [-0.1, -0.05) is 6.07 Å². The Bertz CT molecular complexity index is 652. The molecule has 0 saturated carbocycles. The maximum Gasteiger partial charge on any atom is 0.253 e. The molecule has 0 aliphatic heterocycles. The Morgan fingerprint density at radius 3 is 2.79 bits per heavy atom. The van der Waals surface area contributed by atoms with Gasteiger partial charge in [0.25, 0.3) is 5.56 Å². The number of hydrogen-bond donors (Lipinski definition) is 1. The molecule has 5 heteroatoms. The molecule has 0 radical (unpaired) electrons. The van der Waals surface area contributed by atoms with Crippen LogP contribution in [0.5, 0.6) is 0 Å².